The summed E-state index contributed by atoms with van der Waals surface area (Å²) in [6.07, 6.45) is 4.16. The van der Waals surface area contributed by atoms with Crippen LogP contribution in [0.4, 0.5) is 8.78 Å². The van der Waals surface area contributed by atoms with E-state index in [1.165, 1.54) is 22.8 Å². The molecule has 0 spiro atoms. The first-order valence-corrected chi connectivity index (χ1v) is 10.5. The number of aromatic nitrogens is 7. The molecule has 0 aliphatic carbocycles. The SMILES string of the molecule is Cn1ccc(-c2ncc(C(=O)N3CCc4[nH]cnc4C3c3cc4c(C(F)F)cccn4n3)o2)n1. The first-order valence-electron chi connectivity index (χ1n) is 10.5. The van der Waals surface area contributed by atoms with E-state index in [1.54, 1.807) is 47.5 Å². The molecule has 6 rings (SSSR count). The molecular formula is C22H18F2N8O2. The number of hydrogen-bond donors (Lipinski definition) is 1. The second kappa shape index (κ2) is 7.61. The maximum absolute atomic E-state index is 13.6. The molecule has 172 valence electrons. The van der Waals surface area contributed by atoms with Crippen molar-refractivity contribution in [2.75, 3.05) is 6.54 Å². The lowest BCUT2D eigenvalue weighted by atomic mass is 9.99. The van der Waals surface area contributed by atoms with Gasteiger partial charge in [0.1, 0.15) is 11.7 Å². The molecular weight excluding hydrogens is 446 g/mol. The Morgan fingerprint density at radius 2 is 2.12 bits per heavy atom. The number of oxazole rings is 1. The largest absolute Gasteiger partial charge is 0.429 e. The molecule has 0 aromatic carbocycles. The van der Waals surface area contributed by atoms with E-state index in [2.05, 4.69) is 25.1 Å². The zero-order valence-electron chi connectivity index (χ0n) is 17.9. The molecule has 0 radical (unpaired) electrons. The zero-order valence-corrected chi connectivity index (χ0v) is 17.9. The molecule has 1 unspecified atom stereocenters. The standard InChI is InChI=1S/C22H18F2N8O2/c1-30-7-4-14(28-30)21-25-10-17(34-21)22(33)31-8-5-13-18(27-11-26-13)19(31)15-9-16-12(20(23)24)3-2-6-32(16)29-15/h2-4,6-7,9-11,19-20H,5,8H2,1H3,(H,26,27). The molecule has 5 aromatic rings. The maximum atomic E-state index is 13.6. The van der Waals surface area contributed by atoms with Gasteiger partial charge in [0.05, 0.1) is 29.4 Å². The number of rotatable bonds is 4. The van der Waals surface area contributed by atoms with Gasteiger partial charge < -0.3 is 14.3 Å². The van der Waals surface area contributed by atoms with Crippen LogP contribution < -0.4 is 0 Å². The molecule has 12 heteroatoms. The number of fused-ring (bicyclic) bond motifs is 2. The number of H-pyrrole nitrogens is 1. The van der Waals surface area contributed by atoms with Crippen LogP contribution in [0.2, 0.25) is 0 Å². The molecule has 0 bridgehead atoms. The fourth-order valence-electron chi connectivity index (χ4n) is 4.33. The van der Waals surface area contributed by atoms with Crippen molar-refractivity contribution in [3.63, 3.8) is 0 Å². The van der Waals surface area contributed by atoms with Gasteiger partial charge in [-0.25, -0.2) is 23.3 Å². The summed E-state index contributed by atoms with van der Waals surface area (Å²) >= 11 is 0. The van der Waals surface area contributed by atoms with E-state index in [0.29, 0.717) is 30.0 Å². The van der Waals surface area contributed by atoms with Crippen molar-refractivity contribution < 1.29 is 18.0 Å². The number of alkyl halides is 2. The van der Waals surface area contributed by atoms with Crippen LogP contribution in [0.1, 0.15) is 45.7 Å². The number of aryl methyl sites for hydroxylation is 1. The van der Waals surface area contributed by atoms with Crippen molar-refractivity contribution in [2.45, 2.75) is 18.9 Å². The zero-order chi connectivity index (χ0) is 23.4. The summed E-state index contributed by atoms with van der Waals surface area (Å²) in [5.74, 6) is -0.131. The molecule has 1 N–H and O–H groups in total. The Morgan fingerprint density at radius 3 is 2.91 bits per heavy atom. The molecule has 6 heterocycles. The van der Waals surface area contributed by atoms with Crippen molar-refractivity contribution in [1.29, 1.82) is 0 Å². The summed E-state index contributed by atoms with van der Waals surface area (Å²) in [6.45, 7) is 0.355. The van der Waals surface area contributed by atoms with Crippen LogP contribution >= 0.6 is 0 Å². The quantitative estimate of drug-likeness (QED) is 0.438. The topological polar surface area (TPSA) is 110 Å². The highest BCUT2D eigenvalue weighted by atomic mass is 19.3. The van der Waals surface area contributed by atoms with E-state index in [-0.39, 0.29) is 22.7 Å². The lowest BCUT2D eigenvalue weighted by molar-refractivity contribution is 0.0655. The fraction of sp³-hybridized carbons (Fsp3) is 0.227. The minimum absolute atomic E-state index is 0.0432. The average molecular weight is 464 g/mol. The van der Waals surface area contributed by atoms with Crippen LogP contribution in [-0.4, -0.2) is 51.7 Å². The van der Waals surface area contributed by atoms with E-state index in [4.69, 9.17) is 4.42 Å². The molecule has 1 aliphatic rings. The number of imidazole rings is 1. The van der Waals surface area contributed by atoms with E-state index >= 15 is 0 Å². The highest BCUT2D eigenvalue weighted by Crippen LogP contribution is 2.36. The number of nitrogens with one attached hydrogen (secondary N) is 1. The molecule has 34 heavy (non-hydrogen) atoms. The van der Waals surface area contributed by atoms with Crippen LogP contribution in [-0.2, 0) is 13.5 Å². The summed E-state index contributed by atoms with van der Waals surface area (Å²) in [5, 5.41) is 8.76. The average Bonchev–Trinajstić information content (AvgIpc) is 3.62. The van der Waals surface area contributed by atoms with Gasteiger partial charge in [0.25, 0.3) is 12.3 Å². The Hall–Kier alpha value is -4.35. The third kappa shape index (κ3) is 3.17. The Bertz CT molecular complexity index is 1510. The lowest BCUT2D eigenvalue weighted by Crippen LogP contribution is -2.40. The van der Waals surface area contributed by atoms with E-state index < -0.39 is 18.4 Å². The van der Waals surface area contributed by atoms with Crippen molar-refractivity contribution in [2.24, 2.45) is 7.05 Å². The smallest absolute Gasteiger partial charge is 0.292 e. The normalized spacial score (nSPS) is 15.9. The Morgan fingerprint density at radius 1 is 1.24 bits per heavy atom. The van der Waals surface area contributed by atoms with Gasteiger partial charge in [0.2, 0.25) is 11.7 Å². The van der Waals surface area contributed by atoms with E-state index in [1.807, 2.05) is 0 Å². The maximum Gasteiger partial charge on any atom is 0.292 e. The Labute approximate surface area is 190 Å². The number of carbonyl (C=O) groups is 1. The molecule has 0 saturated carbocycles. The second-order valence-corrected chi connectivity index (χ2v) is 7.98. The van der Waals surface area contributed by atoms with Gasteiger partial charge >= 0.3 is 0 Å². The summed E-state index contributed by atoms with van der Waals surface area (Å²) in [5.41, 5.74) is 2.57. The summed E-state index contributed by atoms with van der Waals surface area (Å²) in [4.78, 5) is 26.8. The molecule has 0 fully saturated rings. The molecule has 10 nitrogen and oxygen atoms in total. The predicted molar refractivity (Wildman–Crippen MR) is 114 cm³/mol. The third-order valence-electron chi connectivity index (χ3n) is 5.90. The minimum Gasteiger partial charge on any atom is -0.429 e. The summed E-state index contributed by atoms with van der Waals surface area (Å²) in [6, 6.07) is 5.51. The van der Waals surface area contributed by atoms with Crippen LogP contribution in [0.25, 0.3) is 17.1 Å². The fourth-order valence-corrected chi connectivity index (χ4v) is 4.33. The summed E-state index contributed by atoms with van der Waals surface area (Å²) < 4.78 is 35.9. The third-order valence-corrected chi connectivity index (χ3v) is 5.90. The van der Waals surface area contributed by atoms with Crippen molar-refractivity contribution >= 4 is 11.4 Å². The van der Waals surface area contributed by atoms with Gasteiger partial charge in [-0.2, -0.15) is 10.2 Å². The van der Waals surface area contributed by atoms with Gasteiger partial charge in [-0.1, -0.05) is 0 Å². The van der Waals surface area contributed by atoms with Crippen LogP contribution in [0.3, 0.4) is 0 Å². The molecule has 1 atom stereocenters. The highest BCUT2D eigenvalue weighted by Gasteiger charge is 2.37. The molecule has 0 saturated heterocycles. The van der Waals surface area contributed by atoms with Crippen molar-refractivity contribution in [1.82, 2.24) is 39.2 Å². The highest BCUT2D eigenvalue weighted by molar-refractivity contribution is 5.92. The predicted octanol–water partition coefficient (Wildman–Crippen LogP) is 3.17. The second-order valence-electron chi connectivity index (χ2n) is 7.98. The lowest BCUT2D eigenvalue weighted by Gasteiger charge is -2.33. The summed E-state index contributed by atoms with van der Waals surface area (Å²) in [7, 11) is 1.77. The van der Waals surface area contributed by atoms with Crippen LogP contribution in [0.5, 0.6) is 0 Å². The Kier molecular flexibility index (Phi) is 4.54. The monoisotopic (exact) mass is 464 g/mol. The molecule has 1 amide bonds. The number of hydrogen-bond acceptors (Lipinski definition) is 6. The first-order chi connectivity index (χ1) is 16.5. The van der Waals surface area contributed by atoms with Crippen molar-refractivity contribution in [3.8, 4) is 11.6 Å². The van der Waals surface area contributed by atoms with Gasteiger partial charge in [-0.15, -0.1) is 0 Å². The minimum atomic E-state index is -2.66. The van der Waals surface area contributed by atoms with E-state index in [9.17, 15) is 13.6 Å². The number of aromatic amines is 1. The van der Waals surface area contributed by atoms with E-state index in [0.717, 1.165) is 5.69 Å². The number of carbonyl (C=O) groups excluding carboxylic acids is 1. The van der Waals surface area contributed by atoms with Crippen LogP contribution in [0, 0.1) is 0 Å². The van der Waals surface area contributed by atoms with Gasteiger partial charge in [0.15, 0.2) is 0 Å². The number of pyridine rings is 1. The number of amides is 1. The number of halogens is 2. The number of nitrogens with zero attached hydrogens (tertiary/aromatic N) is 7. The molecule has 1 aliphatic heterocycles. The Balaban J connectivity index is 1.41. The van der Waals surface area contributed by atoms with Gasteiger partial charge in [0, 0.05) is 43.7 Å². The van der Waals surface area contributed by atoms with Gasteiger partial charge in [-0.3, -0.25) is 9.48 Å². The van der Waals surface area contributed by atoms with Crippen molar-refractivity contribution in [3.05, 3.63) is 77.6 Å². The molecule has 5 aromatic heterocycles. The van der Waals surface area contributed by atoms with Gasteiger partial charge in [-0.05, 0) is 24.3 Å². The first kappa shape index (κ1) is 20.3. The van der Waals surface area contributed by atoms with Crippen LogP contribution in [0.15, 0.2) is 53.6 Å².